The average Bonchev–Trinajstić information content (AvgIpc) is 2.72. The number of anilines is 1. The molecule has 3 rings (SSSR count). The highest BCUT2D eigenvalue weighted by Crippen LogP contribution is 2.21. The quantitative estimate of drug-likeness (QED) is 0.788. The Hall–Kier alpha value is -2.73. The van der Waals surface area contributed by atoms with Crippen LogP contribution in [-0.4, -0.2) is 56.0 Å². The molecule has 7 heteroatoms. The van der Waals surface area contributed by atoms with Crippen LogP contribution in [0.5, 0.6) is 5.75 Å². The standard InChI is InChI=1S/C22H26ClN3O3/c1-16-6-7-17(2)20(12-16)29-15-21(27)24-14-22(28)26-10-8-25(9-11-26)19-5-3-4-18(23)13-19/h3-7,12-13H,8-11,14-15H2,1-2H3,(H,24,27). The third-order valence-electron chi connectivity index (χ3n) is 4.94. The topological polar surface area (TPSA) is 61.9 Å². The van der Waals surface area contributed by atoms with Gasteiger partial charge in [0.2, 0.25) is 5.91 Å². The van der Waals surface area contributed by atoms with Crippen molar-refractivity contribution in [2.75, 3.05) is 44.2 Å². The molecule has 0 saturated carbocycles. The third-order valence-corrected chi connectivity index (χ3v) is 5.18. The second-order valence-corrected chi connectivity index (χ2v) is 7.62. The Morgan fingerprint density at radius 2 is 1.83 bits per heavy atom. The van der Waals surface area contributed by atoms with Crippen molar-refractivity contribution in [3.8, 4) is 5.75 Å². The molecule has 1 heterocycles. The molecule has 0 bridgehead atoms. The molecule has 1 aliphatic heterocycles. The first kappa shape index (κ1) is 21.0. The minimum absolute atomic E-state index is 0.0217. The van der Waals surface area contributed by atoms with Crippen molar-refractivity contribution in [2.24, 2.45) is 0 Å². The van der Waals surface area contributed by atoms with Gasteiger partial charge in [-0.25, -0.2) is 0 Å². The van der Waals surface area contributed by atoms with Crippen LogP contribution in [0.1, 0.15) is 11.1 Å². The number of hydrogen-bond donors (Lipinski definition) is 1. The molecule has 2 aromatic carbocycles. The number of halogens is 1. The summed E-state index contributed by atoms with van der Waals surface area (Å²) in [4.78, 5) is 28.4. The molecule has 0 aromatic heterocycles. The molecule has 0 aliphatic carbocycles. The van der Waals surface area contributed by atoms with Gasteiger partial charge in [-0.1, -0.05) is 29.8 Å². The second-order valence-electron chi connectivity index (χ2n) is 7.18. The van der Waals surface area contributed by atoms with Gasteiger partial charge in [-0.3, -0.25) is 9.59 Å². The van der Waals surface area contributed by atoms with Gasteiger partial charge in [0.05, 0.1) is 6.54 Å². The number of hydrogen-bond acceptors (Lipinski definition) is 4. The fourth-order valence-corrected chi connectivity index (χ4v) is 3.41. The third kappa shape index (κ3) is 5.87. The van der Waals surface area contributed by atoms with E-state index >= 15 is 0 Å². The van der Waals surface area contributed by atoms with Crippen LogP contribution >= 0.6 is 11.6 Å². The van der Waals surface area contributed by atoms with Crippen LogP contribution in [0.15, 0.2) is 42.5 Å². The summed E-state index contributed by atoms with van der Waals surface area (Å²) in [6.07, 6.45) is 0. The maximum atomic E-state index is 12.4. The normalized spacial score (nSPS) is 13.9. The van der Waals surface area contributed by atoms with E-state index in [9.17, 15) is 9.59 Å². The number of ether oxygens (including phenoxy) is 1. The molecule has 1 saturated heterocycles. The molecule has 0 unspecified atom stereocenters. The van der Waals surface area contributed by atoms with E-state index in [0.29, 0.717) is 23.9 Å². The maximum absolute atomic E-state index is 12.4. The Morgan fingerprint density at radius 3 is 2.55 bits per heavy atom. The zero-order valence-corrected chi connectivity index (χ0v) is 17.5. The second kappa shape index (κ2) is 9.65. The molecule has 1 fully saturated rings. The Morgan fingerprint density at radius 1 is 1.07 bits per heavy atom. The van der Waals surface area contributed by atoms with Gasteiger partial charge in [-0.2, -0.15) is 0 Å². The Kier molecular flexibility index (Phi) is 6.99. The van der Waals surface area contributed by atoms with Gasteiger partial charge >= 0.3 is 0 Å². The molecule has 1 aliphatic rings. The summed E-state index contributed by atoms with van der Waals surface area (Å²) in [5, 5.41) is 3.35. The zero-order chi connectivity index (χ0) is 20.8. The highest BCUT2D eigenvalue weighted by Gasteiger charge is 2.21. The first-order chi connectivity index (χ1) is 13.9. The average molecular weight is 416 g/mol. The van der Waals surface area contributed by atoms with Crippen LogP contribution in [0.2, 0.25) is 5.02 Å². The summed E-state index contributed by atoms with van der Waals surface area (Å²) < 4.78 is 5.58. The molecule has 154 valence electrons. The van der Waals surface area contributed by atoms with Crippen molar-refractivity contribution in [1.82, 2.24) is 10.2 Å². The van der Waals surface area contributed by atoms with Crippen LogP contribution in [0.3, 0.4) is 0 Å². The van der Waals surface area contributed by atoms with Crippen LogP contribution in [0.25, 0.3) is 0 Å². The number of aryl methyl sites for hydroxylation is 2. The van der Waals surface area contributed by atoms with Crippen molar-refractivity contribution < 1.29 is 14.3 Å². The molecule has 0 radical (unpaired) electrons. The number of piperazine rings is 1. The number of nitrogens with zero attached hydrogens (tertiary/aromatic N) is 2. The smallest absolute Gasteiger partial charge is 0.258 e. The van der Waals surface area contributed by atoms with E-state index in [1.165, 1.54) is 0 Å². The van der Waals surface area contributed by atoms with Gasteiger partial charge < -0.3 is 19.9 Å². The molecule has 0 atom stereocenters. The number of benzene rings is 2. The molecule has 6 nitrogen and oxygen atoms in total. The number of carbonyl (C=O) groups is 2. The number of nitrogens with one attached hydrogen (secondary N) is 1. The van der Waals surface area contributed by atoms with E-state index in [2.05, 4.69) is 10.2 Å². The molecule has 2 amide bonds. The summed E-state index contributed by atoms with van der Waals surface area (Å²) >= 11 is 6.05. The highest BCUT2D eigenvalue weighted by atomic mass is 35.5. The van der Waals surface area contributed by atoms with Crippen LogP contribution in [0, 0.1) is 13.8 Å². The monoisotopic (exact) mass is 415 g/mol. The molecule has 29 heavy (non-hydrogen) atoms. The van der Waals surface area contributed by atoms with Crippen molar-refractivity contribution in [3.63, 3.8) is 0 Å². The minimum Gasteiger partial charge on any atom is -0.483 e. The van der Waals surface area contributed by atoms with Crippen molar-refractivity contribution >= 4 is 29.1 Å². The lowest BCUT2D eigenvalue weighted by Crippen LogP contribution is -2.51. The molecule has 1 N–H and O–H groups in total. The van der Waals surface area contributed by atoms with Gasteiger partial charge in [0.1, 0.15) is 5.75 Å². The van der Waals surface area contributed by atoms with E-state index in [1.54, 1.807) is 4.90 Å². The predicted octanol–water partition coefficient (Wildman–Crippen LogP) is 2.80. The summed E-state index contributed by atoms with van der Waals surface area (Å²) in [7, 11) is 0. The first-order valence-corrected chi connectivity index (χ1v) is 10.1. The minimum atomic E-state index is -0.309. The molecule has 2 aromatic rings. The van der Waals surface area contributed by atoms with Gasteiger partial charge in [0.25, 0.3) is 5.91 Å². The van der Waals surface area contributed by atoms with Crippen LogP contribution in [0.4, 0.5) is 5.69 Å². The lowest BCUT2D eigenvalue weighted by molar-refractivity contribution is -0.133. The Balaban J connectivity index is 1.40. The lowest BCUT2D eigenvalue weighted by atomic mass is 10.1. The van der Waals surface area contributed by atoms with Gasteiger partial charge in [-0.05, 0) is 49.2 Å². The summed E-state index contributed by atoms with van der Waals surface area (Å²) in [6.45, 7) is 6.45. The van der Waals surface area contributed by atoms with Crippen molar-refractivity contribution in [1.29, 1.82) is 0 Å². The first-order valence-electron chi connectivity index (χ1n) is 9.67. The van der Waals surface area contributed by atoms with Crippen molar-refractivity contribution in [2.45, 2.75) is 13.8 Å². The largest absolute Gasteiger partial charge is 0.483 e. The van der Waals surface area contributed by atoms with Gasteiger partial charge in [0, 0.05) is 36.9 Å². The zero-order valence-electron chi connectivity index (χ0n) is 16.8. The van der Waals surface area contributed by atoms with Crippen molar-refractivity contribution in [3.05, 3.63) is 58.6 Å². The van der Waals surface area contributed by atoms with E-state index in [-0.39, 0.29) is 25.0 Å². The fourth-order valence-electron chi connectivity index (χ4n) is 3.23. The lowest BCUT2D eigenvalue weighted by Gasteiger charge is -2.36. The number of amides is 2. The van der Waals surface area contributed by atoms with E-state index in [4.69, 9.17) is 16.3 Å². The highest BCUT2D eigenvalue weighted by molar-refractivity contribution is 6.30. The predicted molar refractivity (Wildman–Crippen MR) is 115 cm³/mol. The summed E-state index contributed by atoms with van der Waals surface area (Å²) in [5.41, 5.74) is 3.09. The number of carbonyl (C=O) groups excluding carboxylic acids is 2. The Labute approximate surface area is 176 Å². The number of rotatable bonds is 6. The Bertz CT molecular complexity index is 879. The maximum Gasteiger partial charge on any atom is 0.258 e. The van der Waals surface area contributed by atoms with Crippen LogP contribution < -0.4 is 15.0 Å². The fraction of sp³-hybridized carbons (Fsp3) is 0.364. The van der Waals surface area contributed by atoms with E-state index in [0.717, 1.165) is 29.9 Å². The van der Waals surface area contributed by atoms with Gasteiger partial charge in [-0.15, -0.1) is 0 Å². The molecular formula is C22H26ClN3O3. The molecular weight excluding hydrogens is 390 g/mol. The van der Waals surface area contributed by atoms with E-state index < -0.39 is 0 Å². The van der Waals surface area contributed by atoms with Gasteiger partial charge in [0.15, 0.2) is 6.61 Å². The SMILES string of the molecule is Cc1ccc(C)c(OCC(=O)NCC(=O)N2CCN(c3cccc(Cl)c3)CC2)c1. The summed E-state index contributed by atoms with van der Waals surface area (Å²) in [6, 6.07) is 13.5. The molecule has 0 spiro atoms. The summed E-state index contributed by atoms with van der Waals surface area (Å²) in [5.74, 6) is 0.288. The van der Waals surface area contributed by atoms with Crippen LogP contribution in [-0.2, 0) is 9.59 Å². The van der Waals surface area contributed by atoms with E-state index in [1.807, 2.05) is 56.3 Å².